The molecule has 1 aromatic rings. The normalized spacial score (nSPS) is 23.9. The fourth-order valence-corrected chi connectivity index (χ4v) is 3.04. The molecule has 0 heterocycles. The average Bonchev–Trinajstić information content (AvgIpc) is 2.58. The molecule has 0 bridgehead atoms. The third-order valence-electron chi connectivity index (χ3n) is 3.85. The standard InChI is InChI=1S/C15H19Cl2NO/c16-12-7-6-10(8-13(12)17)9-15(19)11-4-2-1-3-5-14(11)18/h6-8,11,14H,1-5,9,18H2. The van der Waals surface area contributed by atoms with E-state index in [1.165, 1.54) is 6.42 Å². The maximum atomic E-state index is 12.4. The molecule has 1 saturated carbocycles. The second-order valence-electron chi connectivity index (χ2n) is 5.30. The average molecular weight is 300 g/mol. The Morgan fingerprint density at radius 1 is 1.16 bits per heavy atom. The Labute approximate surface area is 124 Å². The zero-order valence-electron chi connectivity index (χ0n) is 10.9. The van der Waals surface area contributed by atoms with E-state index in [2.05, 4.69) is 0 Å². The number of hydrogen-bond acceptors (Lipinski definition) is 2. The van der Waals surface area contributed by atoms with Crippen molar-refractivity contribution < 1.29 is 4.79 Å². The highest BCUT2D eigenvalue weighted by atomic mass is 35.5. The number of ketones is 1. The van der Waals surface area contributed by atoms with Crippen molar-refractivity contribution >= 4 is 29.0 Å². The van der Waals surface area contributed by atoms with Crippen LogP contribution in [0.4, 0.5) is 0 Å². The lowest BCUT2D eigenvalue weighted by Crippen LogP contribution is -2.35. The maximum Gasteiger partial charge on any atom is 0.141 e. The fourth-order valence-electron chi connectivity index (χ4n) is 2.72. The van der Waals surface area contributed by atoms with Crippen molar-refractivity contribution in [3.63, 3.8) is 0 Å². The Morgan fingerprint density at radius 2 is 1.89 bits per heavy atom. The molecule has 0 aromatic heterocycles. The SMILES string of the molecule is NC1CCCCCC1C(=O)Cc1ccc(Cl)c(Cl)c1. The van der Waals surface area contributed by atoms with Crippen molar-refractivity contribution in [3.05, 3.63) is 33.8 Å². The minimum Gasteiger partial charge on any atom is -0.327 e. The van der Waals surface area contributed by atoms with Gasteiger partial charge in [-0.25, -0.2) is 0 Å². The summed E-state index contributed by atoms with van der Waals surface area (Å²) in [5.74, 6) is 0.227. The monoisotopic (exact) mass is 299 g/mol. The van der Waals surface area contributed by atoms with Gasteiger partial charge >= 0.3 is 0 Å². The van der Waals surface area contributed by atoms with E-state index in [-0.39, 0.29) is 17.7 Å². The number of carbonyl (C=O) groups is 1. The first-order valence-corrected chi connectivity index (χ1v) is 7.55. The largest absolute Gasteiger partial charge is 0.327 e. The van der Waals surface area contributed by atoms with Crippen LogP contribution >= 0.6 is 23.2 Å². The van der Waals surface area contributed by atoms with Crippen LogP contribution in [0.1, 0.15) is 37.7 Å². The summed E-state index contributed by atoms with van der Waals surface area (Å²) in [5, 5.41) is 1.01. The van der Waals surface area contributed by atoms with Crippen LogP contribution in [0.15, 0.2) is 18.2 Å². The van der Waals surface area contributed by atoms with Gasteiger partial charge in [-0.2, -0.15) is 0 Å². The lowest BCUT2D eigenvalue weighted by atomic mass is 9.88. The molecule has 2 nitrogen and oxygen atoms in total. The Balaban J connectivity index is 2.04. The van der Waals surface area contributed by atoms with Crippen LogP contribution < -0.4 is 5.73 Å². The third kappa shape index (κ3) is 3.95. The molecule has 2 rings (SSSR count). The van der Waals surface area contributed by atoms with Crippen LogP contribution in [-0.4, -0.2) is 11.8 Å². The zero-order valence-corrected chi connectivity index (χ0v) is 12.4. The molecule has 1 aliphatic carbocycles. The van der Waals surface area contributed by atoms with E-state index in [0.29, 0.717) is 16.5 Å². The molecule has 2 atom stereocenters. The van der Waals surface area contributed by atoms with Crippen molar-refractivity contribution in [2.75, 3.05) is 0 Å². The van der Waals surface area contributed by atoms with Gasteiger partial charge in [0, 0.05) is 18.4 Å². The van der Waals surface area contributed by atoms with Crippen molar-refractivity contribution in [1.29, 1.82) is 0 Å². The summed E-state index contributed by atoms with van der Waals surface area (Å²) in [6, 6.07) is 5.37. The highest BCUT2D eigenvalue weighted by molar-refractivity contribution is 6.42. The van der Waals surface area contributed by atoms with Gasteiger partial charge in [0.05, 0.1) is 10.0 Å². The van der Waals surface area contributed by atoms with E-state index in [0.717, 1.165) is 31.2 Å². The number of carbonyl (C=O) groups excluding carboxylic acids is 1. The number of Topliss-reactive ketones (excluding diaryl/α,β-unsaturated/α-hetero) is 1. The van der Waals surface area contributed by atoms with Crippen molar-refractivity contribution in [1.82, 2.24) is 0 Å². The predicted molar refractivity (Wildman–Crippen MR) is 79.7 cm³/mol. The number of rotatable bonds is 3. The molecule has 1 fully saturated rings. The fraction of sp³-hybridized carbons (Fsp3) is 0.533. The van der Waals surface area contributed by atoms with Gasteiger partial charge in [0.15, 0.2) is 0 Å². The van der Waals surface area contributed by atoms with E-state index in [1.54, 1.807) is 12.1 Å². The maximum absolute atomic E-state index is 12.4. The summed E-state index contributed by atoms with van der Waals surface area (Å²) in [5.41, 5.74) is 7.03. The van der Waals surface area contributed by atoms with Crippen LogP contribution in [0.3, 0.4) is 0 Å². The number of hydrogen-bond donors (Lipinski definition) is 1. The van der Waals surface area contributed by atoms with Crippen molar-refractivity contribution in [2.24, 2.45) is 11.7 Å². The second-order valence-corrected chi connectivity index (χ2v) is 6.11. The topological polar surface area (TPSA) is 43.1 Å². The lowest BCUT2D eigenvalue weighted by molar-refractivity contribution is -0.123. The van der Waals surface area contributed by atoms with E-state index < -0.39 is 0 Å². The van der Waals surface area contributed by atoms with Crippen LogP contribution in [0.25, 0.3) is 0 Å². The molecule has 1 aliphatic rings. The Morgan fingerprint density at radius 3 is 2.63 bits per heavy atom. The molecule has 2 N–H and O–H groups in total. The Hall–Kier alpha value is -0.570. The summed E-state index contributed by atoms with van der Waals surface area (Å²) in [7, 11) is 0. The summed E-state index contributed by atoms with van der Waals surface area (Å²) in [6.45, 7) is 0. The van der Waals surface area contributed by atoms with E-state index >= 15 is 0 Å². The molecule has 0 amide bonds. The molecule has 1 aromatic carbocycles. The van der Waals surface area contributed by atoms with Crippen LogP contribution in [0.5, 0.6) is 0 Å². The van der Waals surface area contributed by atoms with Crippen molar-refractivity contribution in [3.8, 4) is 0 Å². The number of nitrogens with two attached hydrogens (primary N) is 1. The first kappa shape index (κ1) is 14.8. The Bertz CT molecular complexity index is 461. The zero-order chi connectivity index (χ0) is 13.8. The lowest BCUT2D eigenvalue weighted by Gasteiger charge is -2.20. The molecule has 104 valence electrons. The van der Waals surface area contributed by atoms with Gasteiger partial charge in [0.1, 0.15) is 5.78 Å². The smallest absolute Gasteiger partial charge is 0.141 e. The van der Waals surface area contributed by atoms with Crippen molar-refractivity contribution in [2.45, 2.75) is 44.6 Å². The summed E-state index contributed by atoms with van der Waals surface area (Å²) < 4.78 is 0. The predicted octanol–water partition coefficient (Wildman–Crippen LogP) is 4.01. The first-order chi connectivity index (χ1) is 9.08. The van der Waals surface area contributed by atoms with Gasteiger partial charge in [0.2, 0.25) is 0 Å². The minimum atomic E-state index is -0.00282. The quantitative estimate of drug-likeness (QED) is 0.857. The second kappa shape index (κ2) is 6.74. The van der Waals surface area contributed by atoms with Gasteiger partial charge in [-0.05, 0) is 30.5 Å². The molecule has 0 radical (unpaired) electrons. The molecule has 0 saturated heterocycles. The van der Waals surface area contributed by atoms with Gasteiger partial charge in [-0.3, -0.25) is 4.79 Å². The molecule has 4 heteroatoms. The third-order valence-corrected chi connectivity index (χ3v) is 4.58. The molecular weight excluding hydrogens is 281 g/mol. The molecular formula is C15H19Cl2NO. The number of halogens is 2. The van der Waals surface area contributed by atoms with Crippen LogP contribution in [0.2, 0.25) is 10.0 Å². The van der Waals surface area contributed by atoms with Gasteiger partial charge in [-0.15, -0.1) is 0 Å². The Kier molecular flexibility index (Phi) is 5.26. The highest BCUT2D eigenvalue weighted by Gasteiger charge is 2.26. The molecule has 0 spiro atoms. The summed E-state index contributed by atoms with van der Waals surface area (Å²) in [6.07, 6.45) is 5.70. The van der Waals surface area contributed by atoms with E-state index in [1.807, 2.05) is 6.07 Å². The van der Waals surface area contributed by atoms with Gasteiger partial charge < -0.3 is 5.73 Å². The summed E-state index contributed by atoms with van der Waals surface area (Å²) in [4.78, 5) is 12.4. The minimum absolute atomic E-state index is 0.00282. The molecule has 0 aliphatic heterocycles. The van der Waals surface area contributed by atoms with Crippen LogP contribution in [0, 0.1) is 5.92 Å². The molecule has 2 unspecified atom stereocenters. The van der Waals surface area contributed by atoms with Gasteiger partial charge in [0.25, 0.3) is 0 Å². The van der Waals surface area contributed by atoms with Gasteiger partial charge in [-0.1, -0.05) is 48.5 Å². The number of benzene rings is 1. The van der Waals surface area contributed by atoms with E-state index in [4.69, 9.17) is 28.9 Å². The van der Waals surface area contributed by atoms with Crippen LogP contribution in [-0.2, 0) is 11.2 Å². The first-order valence-electron chi connectivity index (χ1n) is 6.80. The molecule has 19 heavy (non-hydrogen) atoms. The summed E-state index contributed by atoms with van der Waals surface area (Å²) >= 11 is 11.8. The van der Waals surface area contributed by atoms with E-state index in [9.17, 15) is 4.79 Å². The highest BCUT2D eigenvalue weighted by Crippen LogP contribution is 2.26.